The molecule has 0 heterocycles. The Bertz CT molecular complexity index is 430. The largest absolute Gasteiger partial charge is 0.495 e. The number of nitrogen functional groups attached to an aromatic ring is 1. The monoisotopic (exact) mass is 260 g/mol. The summed E-state index contributed by atoms with van der Waals surface area (Å²) in [5.41, 5.74) is 6.50. The zero-order chi connectivity index (χ0) is 13.3. The molecule has 0 aromatic heterocycles. The minimum absolute atomic E-state index is 0.0685. The van der Waals surface area contributed by atoms with E-state index in [1.165, 1.54) is 12.0 Å². The van der Waals surface area contributed by atoms with Gasteiger partial charge in [-0.1, -0.05) is 6.07 Å². The fourth-order valence-corrected chi connectivity index (χ4v) is 1.95. The van der Waals surface area contributed by atoms with Crippen molar-refractivity contribution in [1.82, 2.24) is 0 Å². The van der Waals surface area contributed by atoms with Gasteiger partial charge in [-0.05, 0) is 25.0 Å². The van der Waals surface area contributed by atoms with Crippen LogP contribution >= 0.6 is 0 Å². The molecule has 0 aliphatic heterocycles. The summed E-state index contributed by atoms with van der Waals surface area (Å²) in [4.78, 5) is 1.32. The predicted molar refractivity (Wildman–Crippen MR) is 63.8 cm³/mol. The molecule has 0 amide bonds. The summed E-state index contributed by atoms with van der Waals surface area (Å²) < 4.78 is 42.8. The molecule has 0 unspecified atom stereocenters. The molecule has 0 radical (unpaired) electrons. The maximum absolute atomic E-state index is 12.6. The number of hydrogen-bond acceptors (Lipinski definition) is 3. The zero-order valence-corrected chi connectivity index (χ0v) is 10.00. The molecule has 3 nitrogen and oxygen atoms in total. The molecule has 2 N–H and O–H groups in total. The summed E-state index contributed by atoms with van der Waals surface area (Å²) in [7, 11) is 1.45. The Morgan fingerprint density at radius 2 is 2.06 bits per heavy atom. The minimum Gasteiger partial charge on any atom is -0.495 e. The molecule has 0 bridgehead atoms. The van der Waals surface area contributed by atoms with Crippen LogP contribution in [-0.2, 0) is 0 Å². The maximum Gasteiger partial charge on any atom is 0.405 e. The second kappa shape index (κ2) is 4.59. The molecule has 0 spiro atoms. The number of methoxy groups -OCH3 is 1. The molecule has 1 saturated carbocycles. The second-order valence-electron chi connectivity index (χ2n) is 4.37. The minimum atomic E-state index is -4.24. The number of rotatable bonds is 4. The van der Waals surface area contributed by atoms with Gasteiger partial charge < -0.3 is 15.4 Å². The first-order chi connectivity index (χ1) is 8.42. The molecule has 1 aliphatic carbocycles. The lowest BCUT2D eigenvalue weighted by molar-refractivity contribution is -0.119. The quantitative estimate of drug-likeness (QED) is 0.846. The SMILES string of the molecule is COc1cccc(N(CC(F)(F)F)C2CC2)c1N. The molecule has 6 heteroatoms. The van der Waals surface area contributed by atoms with Gasteiger partial charge in [-0.2, -0.15) is 13.2 Å². The summed E-state index contributed by atoms with van der Waals surface area (Å²) in [6, 6.07) is 4.82. The van der Waals surface area contributed by atoms with E-state index in [-0.39, 0.29) is 11.7 Å². The molecule has 1 aliphatic rings. The Morgan fingerprint density at radius 1 is 1.39 bits per heavy atom. The van der Waals surface area contributed by atoms with Crippen LogP contribution in [0.15, 0.2) is 18.2 Å². The number of hydrogen-bond donors (Lipinski definition) is 1. The van der Waals surface area contributed by atoms with E-state index in [9.17, 15) is 13.2 Å². The molecular weight excluding hydrogens is 245 g/mol. The molecule has 100 valence electrons. The average molecular weight is 260 g/mol. The van der Waals surface area contributed by atoms with E-state index in [4.69, 9.17) is 10.5 Å². The van der Waals surface area contributed by atoms with Crippen LogP contribution < -0.4 is 15.4 Å². The van der Waals surface area contributed by atoms with Gasteiger partial charge in [-0.15, -0.1) is 0 Å². The summed E-state index contributed by atoms with van der Waals surface area (Å²) in [5.74, 6) is 0.403. The lowest BCUT2D eigenvalue weighted by Crippen LogP contribution is -2.36. The standard InChI is InChI=1S/C12H15F3N2O/c1-18-10-4-2-3-9(11(10)16)17(8-5-6-8)7-12(13,14)15/h2-4,8H,5-7,16H2,1H3. The average Bonchev–Trinajstić information content (AvgIpc) is 3.09. The molecule has 1 fully saturated rings. The van der Waals surface area contributed by atoms with Crippen LogP contribution in [0.2, 0.25) is 0 Å². The zero-order valence-electron chi connectivity index (χ0n) is 10.00. The number of alkyl halides is 3. The molecular formula is C12H15F3N2O. The van der Waals surface area contributed by atoms with Gasteiger partial charge in [0.25, 0.3) is 0 Å². The molecule has 2 rings (SSSR count). The number of halogens is 3. The van der Waals surface area contributed by atoms with E-state index in [0.29, 0.717) is 11.4 Å². The van der Waals surface area contributed by atoms with Gasteiger partial charge in [-0.3, -0.25) is 0 Å². The van der Waals surface area contributed by atoms with Gasteiger partial charge in [0.05, 0.1) is 18.5 Å². The van der Waals surface area contributed by atoms with E-state index in [0.717, 1.165) is 12.8 Å². The smallest absolute Gasteiger partial charge is 0.405 e. The van der Waals surface area contributed by atoms with Gasteiger partial charge in [0.1, 0.15) is 12.3 Å². The molecule has 0 saturated heterocycles. The number of nitrogens with zero attached hydrogens (tertiary/aromatic N) is 1. The molecule has 1 aromatic rings. The van der Waals surface area contributed by atoms with Crippen molar-refractivity contribution in [3.63, 3.8) is 0 Å². The maximum atomic E-state index is 12.6. The first-order valence-corrected chi connectivity index (χ1v) is 5.68. The number of benzene rings is 1. The first kappa shape index (κ1) is 12.9. The highest BCUT2D eigenvalue weighted by atomic mass is 19.4. The van der Waals surface area contributed by atoms with Crippen molar-refractivity contribution in [3.8, 4) is 5.75 Å². The topological polar surface area (TPSA) is 38.5 Å². The fraction of sp³-hybridized carbons (Fsp3) is 0.500. The van der Waals surface area contributed by atoms with E-state index in [1.54, 1.807) is 18.2 Å². The van der Waals surface area contributed by atoms with Crippen LogP contribution in [0.5, 0.6) is 5.75 Å². The normalized spacial score (nSPS) is 15.6. The van der Waals surface area contributed by atoms with Crippen LogP contribution in [0.4, 0.5) is 24.5 Å². The van der Waals surface area contributed by atoms with Crippen LogP contribution in [0.3, 0.4) is 0 Å². The van der Waals surface area contributed by atoms with E-state index < -0.39 is 12.7 Å². The highest BCUT2D eigenvalue weighted by Crippen LogP contribution is 2.40. The van der Waals surface area contributed by atoms with Gasteiger partial charge in [-0.25, -0.2) is 0 Å². The molecule has 1 aromatic carbocycles. The summed E-state index contributed by atoms with van der Waals surface area (Å²) in [6.45, 7) is -0.977. The van der Waals surface area contributed by atoms with Gasteiger partial charge in [0.15, 0.2) is 0 Å². The third-order valence-electron chi connectivity index (χ3n) is 2.91. The van der Waals surface area contributed by atoms with Crippen molar-refractivity contribution in [2.75, 3.05) is 24.3 Å². The van der Waals surface area contributed by atoms with E-state index in [2.05, 4.69) is 0 Å². The summed E-state index contributed by atoms with van der Waals surface area (Å²) in [6.07, 6.45) is -2.70. The van der Waals surface area contributed by atoms with Crippen molar-refractivity contribution in [2.24, 2.45) is 0 Å². The molecule has 18 heavy (non-hydrogen) atoms. The van der Waals surface area contributed by atoms with Crippen molar-refractivity contribution in [2.45, 2.75) is 25.1 Å². The first-order valence-electron chi connectivity index (χ1n) is 5.68. The van der Waals surface area contributed by atoms with E-state index in [1.807, 2.05) is 0 Å². The Kier molecular flexibility index (Phi) is 3.28. The van der Waals surface area contributed by atoms with Crippen molar-refractivity contribution in [1.29, 1.82) is 0 Å². The lowest BCUT2D eigenvalue weighted by atomic mass is 10.2. The number of para-hydroxylation sites is 1. The van der Waals surface area contributed by atoms with Crippen LogP contribution in [-0.4, -0.2) is 25.9 Å². The van der Waals surface area contributed by atoms with Gasteiger partial charge in [0, 0.05) is 6.04 Å². The van der Waals surface area contributed by atoms with Crippen molar-refractivity contribution >= 4 is 11.4 Å². The summed E-state index contributed by atoms with van der Waals surface area (Å²) >= 11 is 0. The third kappa shape index (κ3) is 2.80. The third-order valence-corrected chi connectivity index (χ3v) is 2.91. The van der Waals surface area contributed by atoms with Crippen LogP contribution in [0.25, 0.3) is 0 Å². The Labute approximate surface area is 103 Å². The molecule has 0 atom stereocenters. The number of nitrogens with two attached hydrogens (primary N) is 1. The number of ether oxygens (including phenoxy) is 1. The van der Waals surface area contributed by atoms with Gasteiger partial charge >= 0.3 is 6.18 Å². The van der Waals surface area contributed by atoms with Gasteiger partial charge in [0.2, 0.25) is 0 Å². The van der Waals surface area contributed by atoms with Crippen molar-refractivity contribution < 1.29 is 17.9 Å². The number of anilines is 2. The Balaban J connectivity index is 2.31. The Morgan fingerprint density at radius 3 is 2.56 bits per heavy atom. The lowest BCUT2D eigenvalue weighted by Gasteiger charge is -2.27. The predicted octanol–water partition coefficient (Wildman–Crippen LogP) is 2.81. The van der Waals surface area contributed by atoms with Crippen molar-refractivity contribution in [3.05, 3.63) is 18.2 Å². The van der Waals surface area contributed by atoms with Crippen LogP contribution in [0.1, 0.15) is 12.8 Å². The Hall–Kier alpha value is -1.59. The van der Waals surface area contributed by atoms with Crippen LogP contribution in [0, 0.1) is 0 Å². The summed E-state index contributed by atoms with van der Waals surface area (Å²) in [5, 5.41) is 0. The fourth-order valence-electron chi connectivity index (χ4n) is 1.95. The second-order valence-corrected chi connectivity index (χ2v) is 4.37. The van der Waals surface area contributed by atoms with E-state index >= 15 is 0 Å². The highest BCUT2D eigenvalue weighted by Gasteiger charge is 2.39. The highest BCUT2D eigenvalue weighted by molar-refractivity contribution is 5.74.